The molecule has 0 aliphatic rings. The quantitative estimate of drug-likeness (QED) is 0.417. The van der Waals surface area contributed by atoms with Gasteiger partial charge in [0.05, 0.1) is 5.70 Å². The Morgan fingerprint density at radius 2 is 1.74 bits per heavy atom. The van der Waals surface area contributed by atoms with E-state index in [1.54, 1.807) is 0 Å². The minimum Gasteiger partial charge on any atom is -0.257 e. The molecule has 0 unspecified atom stereocenters. The second-order valence-corrected chi connectivity index (χ2v) is 4.33. The van der Waals surface area contributed by atoms with E-state index in [0.29, 0.717) is 0 Å². The van der Waals surface area contributed by atoms with Crippen molar-refractivity contribution in [3.8, 4) is 0 Å². The summed E-state index contributed by atoms with van der Waals surface area (Å²) in [6.07, 6.45) is 18.9. The first-order valence-corrected chi connectivity index (χ1v) is 6.57. The molecule has 1 nitrogen and oxygen atoms in total. The monoisotopic (exact) mass is 255 g/mol. The Kier molecular flexibility index (Phi) is 10.1. The van der Waals surface area contributed by atoms with Gasteiger partial charge in [0.1, 0.15) is 0 Å². The molecule has 0 radical (unpaired) electrons. The van der Waals surface area contributed by atoms with E-state index in [0.717, 1.165) is 17.7 Å². The van der Waals surface area contributed by atoms with Crippen LogP contribution in [0, 0.1) is 0 Å². The van der Waals surface area contributed by atoms with Crippen molar-refractivity contribution in [2.75, 3.05) is 0 Å². The van der Waals surface area contributed by atoms with Crippen LogP contribution in [0.25, 0.3) is 0 Å². The zero-order chi connectivity index (χ0) is 14.5. The molecule has 0 saturated heterocycles. The normalized spacial score (nSPS) is 14.5. The van der Waals surface area contributed by atoms with E-state index in [-0.39, 0.29) is 0 Å². The molecule has 0 aliphatic heterocycles. The predicted molar refractivity (Wildman–Crippen MR) is 88.5 cm³/mol. The molecule has 0 aromatic carbocycles. The lowest BCUT2D eigenvalue weighted by molar-refractivity contribution is 1.20. The van der Waals surface area contributed by atoms with Gasteiger partial charge >= 0.3 is 0 Å². The summed E-state index contributed by atoms with van der Waals surface area (Å²) in [4.78, 5) is 4.29. The van der Waals surface area contributed by atoms with Crippen molar-refractivity contribution in [3.63, 3.8) is 0 Å². The second kappa shape index (κ2) is 11.2. The molecule has 19 heavy (non-hydrogen) atoms. The standard InChI is InChI=1S/C18H25N/c1-6-8-10-12-18(5)19-15-17(4)14-13-16(3)11-9-7-2/h6-12,14-15H,5,13H2,1-4H3/b8-6-,9-7-,12-10-,16-11+,17-14-,19-15?. The number of aliphatic imine (C=N–C) groups is 1. The van der Waals surface area contributed by atoms with Crippen LogP contribution < -0.4 is 0 Å². The highest BCUT2D eigenvalue weighted by Gasteiger charge is 1.87. The summed E-state index contributed by atoms with van der Waals surface area (Å²) in [5, 5.41) is 0. The van der Waals surface area contributed by atoms with Crippen LogP contribution in [0.15, 0.2) is 77.0 Å². The van der Waals surface area contributed by atoms with Gasteiger partial charge in [-0.15, -0.1) is 0 Å². The summed E-state index contributed by atoms with van der Waals surface area (Å²) in [5.74, 6) is 0. The van der Waals surface area contributed by atoms with E-state index in [4.69, 9.17) is 0 Å². The molecule has 0 spiro atoms. The van der Waals surface area contributed by atoms with Gasteiger partial charge < -0.3 is 0 Å². The van der Waals surface area contributed by atoms with E-state index in [2.05, 4.69) is 43.6 Å². The summed E-state index contributed by atoms with van der Waals surface area (Å²) in [5.41, 5.74) is 3.23. The molecule has 0 saturated carbocycles. The largest absolute Gasteiger partial charge is 0.257 e. The highest BCUT2D eigenvalue weighted by atomic mass is 14.7. The Labute approximate surface area is 118 Å². The summed E-state index contributed by atoms with van der Waals surface area (Å²) >= 11 is 0. The van der Waals surface area contributed by atoms with Crippen molar-refractivity contribution < 1.29 is 0 Å². The molecule has 0 fully saturated rings. The predicted octanol–water partition coefficient (Wildman–Crippen LogP) is 5.56. The van der Waals surface area contributed by atoms with Gasteiger partial charge in [-0.1, -0.05) is 54.7 Å². The maximum absolute atomic E-state index is 4.29. The molecule has 0 aliphatic carbocycles. The molecule has 0 heterocycles. The molecule has 0 rings (SSSR count). The molecule has 102 valence electrons. The maximum atomic E-state index is 4.29. The van der Waals surface area contributed by atoms with Gasteiger partial charge in [0.25, 0.3) is 0 Å². The van der Waals surface area contributed by atoms with E-state index in [9.17, 15) is 0 Å². The van der Waals surface area contributed by atoms with Gasteiger partial charge in [-0.3, -0.25) is 4.99 Å². The smallest absolute Gasteiger partial charge is 0.0557 e. The Hall–Kier alpha value is -1.89. The molecule has 0 bridgehead atoms. The molecular weight excluding hydrogens is 230 g/mol. The first-order valence-electron chi connectivity index (χ1n) is 6.57. The van der Waals surface area contributed by atoms with Gasteiger partial charge in [-0.25, -0.2) is 0 Å². The van der Waals surface area contributed by atoms with Crippen LogP contribution >= 0.6 is 0 Å². The first-order chi connectivity index (χ1) is 9.10. The number of rotatable bonds is 7. The van der Waals surface area contributed by atoms with Gasteiger partial charge in [0, 0.05) is 6.21 Å². The fourth-order valence-electron chi connectivity index (χ4n) is 1.21. The van der Waals surface area contributed by atoms with Crippen LogP contribution in [0.4, 0.5) is 0 Å². The van der Waals surface area contributed by atoms with Crippen LogP contribution in [0.2, 0.25) is 0 Å². The fourth-order valence-corrected chi connectivity index (χ4v) is 1.21. The van der Waals surface area contributed by atoms with E-state index in [1.165, 1.54) is 5.57 Å². The van der Waals surface area contributed by atoms with Gasteiger partial charge in [-0.05, 0) is 45.8 Å². The summed E-state index contributed by atoms with van der Waals surface area (Å²) in [7, 11) is 0. The minimum atomic E-state index is 0.757. The van der Waals surface area contributed by atoms with Crippen LogP contribution in [0.5, 0.6) is 0 Å². The lowest BCUT2D eigenvalue weighted by atomic mass is 10.1. The van der Waals surface area contributed by atoms with Gasteiger partial charge in [0.15, 0.2) is 0 Å². The third kappa shape index (κ3) is 11.0. The fraction of sp³-hybridized carbons (Fsp3) is 0.278. The molecule has 0 N–H and O–H groups in total. The highest BCUT2D eigenvalue weighted by molar-refractivity contribution is 5.78. The maximum Gasteiger partial charge on any atom is 0.0557 e. The van der Waals surface area contributed by atoms with Crippen LogP contribution in [0.3, 0.4) is 0 Å². The van der Waals surface area contributed by atoms with E-state index < -0.39 is 0 Å². The Morgan fingerprint density at radius 1 is 1.05 bits per heavy atom. The van der Waals surface area contributed by atoms with E-state index in [1.807, 2.05) is 50.4 Å². The lowest BCUT2D eigenvalue weighted by Crippen LogP contribution is -1.81. The molecule has 1 heteroatoms. The number of hydrogen-bond acceptors (Lipinski definition) is 1. The Balaban J connectivity index is 4.36. The number of nitrogens with zero attached hydrogens (tertiary/aromatic N) is 1. The van der Waals surface area contributed by atoms with Crippen LogP contribution in [-0.2, 0) is 0 Å². The second-order valence-electron chi connectivity index (χ2n) is 4.33. The minimum absolute atomic E-state index is 0.757. The third-order valence-corrected chi connectivity index (χ3v) is 2.35. The van der Waals surface area contributed by atoms with Crippen molar-refractivity contribution in [3.05, 3.63) is 72.0 Å². The van der Waals surface area contributed by atoms with Crippen molar-refractivity contribution in [2.24, 2.45) is 4.99 Å². The first kappa shape index (κ1) is 17.1. The molecule has 0 atom stereocenters. The Morgan fingerprint density at radius 3 is 2.37 bits per heavy atom. The zero-order valence-electron chi connectivity index (χ0n) is 12.6. The SMILES string of the molecule is C=C(/C=C\C=C/C)N=C/C(C)=C\C/C(C)=C/C=C\C. The number of allylic oxidation sites excluding steroid dienone is 10. The van der Waals surface area contributed by atoms with Crippen LogP contribution in [0.1, 0.15) is 34.1 Å². The Bertz CT molecular complexity index is 440. The molecular formula is C18H25N. The van der Waals surface area contributed by atoms with Crippen molar-refractivity contribution >= 4 is 6.21 Å². The lowest BCUT2D eigenvalue weighted by Gasteiger charge is -1.95. The molecule has 0 aromatic heterocycles. The van der Waals surface area contributed by atoms with E-state index >= 15 is 0 Å². The van der Waals surface area contributed by atoms with Crippen molar-refractivity contribution in [1.82, 2.24) is 0 Å². The summed E-state index contributed by atoms with van der Waals surface area (Å²) < 4.78 is 0. The highest BCUT2D eigenvalue weighted by Crippen LogP contribution is 2.04. The van der Waals surface area contributed by atoms with Crippen molar-refractivity contribution in [2.45, 2.75) is 34.1 Å². The average Bonchev–Trinajstić information content (AvgIpc) is 2.40. The van der Waals surface area contributed by atoms with Gasteiger partial charge in [-0.2, -0.15) is 0 Å². The summed E-state index contributed by atoms with van der Waals surface area (Å²) in [6.45, 7) is 12.0. The average molecular weight is 255 g/mol. The number of hydrogen-bond donors (Lipinski definition) is 0. The topological polar surface area (TPSA) is 12.4 Å². The van der Waals surface area contributed by atoms with Gasteiger partial charge in [0.2, 0.25) is 0 Å². The molecule has 0 aromatic rings. The van der Waals surface area contributed by atoms with Crippen molar-refractivity contribution in [1.29, 1.82) is 0 Å². The third-order valence-electron chi connectivity index (χ3n) is 2.35. The van der Waals surface area contributed by atoms with Crippen LogP contribution in [-0.4, -0.2) is 6.21 Å². The molecule has 0 amide bonds. The zero-order valence-corrected chi connectivity index (χ0v) is 12.6. The summed E-state index contributed by atoms with van der Waals surface area (Å²) in [6, 6.07) is 0.